The molecule has 44 heavy (non-hydrogen) atoms. The quantitative estimate of drug-likeness (QED) is 0.103. The zero-order chi connectivity index (χ0) is 29.9. The summed E-state index contributed by atoms with van der Waals surface area (Å²) in [6.45, 7) is 9.37. The Hall–Kier alpha value is -3.48. The second-order valence-corrected chi connectivity index (χ2v) is 12.8. The Morgan fingerprint density at radius 2 is 1.14 bits per heavy atom. The summed E-state index contributed by atoms with van der Waals surface area (Å²) in [4.78, 5) is 2.39. The first-order valence-corrected chi connectivity index (χ1v) is 16.2. The summed E-state index contributed by atoms with van der Waals surface area (Å²) in [6.07, 6.45) is 4.69. The van der Waals surface area contributed by atoms with Gasteiger partial charge in [-0.2, -0.15) is 0 Å². The molecule has 228 valence electrons. The molecule has 1 aliphatic carbocycles. The van der Waals surface area contributed by atoms with Gasteiger partial charge in [-0.3, -0.25) is 0 Å². The maximum Gasteiger partial charge on any atom is 0.104 e. The smallest absolute Gasteiger partial charge is 0.104 e. The lowest BCUT2D eigenvalue weighted by molar-refractivity contribution is 0.114. The molecule has 7 rings (SSSR count). The number of epoxide rings is 2. The molecule has 0 saturated carbocycles. The topological polar surface area (TPSA) is 46.8 Å². The van der Waals surface area contributed by atoms with E-state index in [2.05, 4.69) is 110 Å². The highest BCUT2D eigenvalue weighted by atomic mass is 16.6. The average molecular weight is 590 g/mol. The summed E-state index contributed by atoms with van der Waals surface area (Å²) in [6, 6.07) is 33.9. The van der Waals surface area contributed by atoms with E-state index < -0.39 is 0 Å². The number of ether oxygens (including phenoxy) is 4. The number of nitrogens with zero attached hydrogens (tertiary/aromatic N) is 1. The molecule has 4 aromatic carbocycles. The fraction of sp³-hybridized carbons (Fsp3) is 0.385. The Kier molecular flexibility index (Phi) is 8.55. The highest BCUT2D eigenvalue weighted by molar-refractivity contribution is 5.85. The van der Waals surface area contributed by atoms with Crippen LogP contribution in [0.2, 0.25) is 0 Å². The molecule has 5 nitrogen and oxygen atoms in total. The third-order valence-electron chi connectivity index (χ3n) is 9.13. The van der Waals surface area contributed by atoms with Gasteiger partial charge in [0, 0.05) is 35.7 Å². The van der Waals surface area contributed by atoms with Crippen molar-refractivity contribution in [2.24, 2.45) is 0 Å². The van der Waals surface area contributed by atoms with Crippen LogP contribution in [-0.4, -0.2) is 51.8 Å². The molecule has 2 heterocycles. The van der Waals surface area contributed by atoms with Crippen LogP contribution in [0.4, 0.5) is 17.1 Å². The number of fused-ring (bicyclic) bond motifs is 3. The summed E-state index contributed by atoms with van der Waals surface area (Å²) in [7, 11) is 0. The summed E-state index contributed by atoms with van der Waals surface area (Å²) >= 11 is 0. The van der Waals surface area contributed by atoms with Gasteiger partial charge in [0.2, 0.25) is 0 Å². The van der Waals surface area contributed by atoms with Crippen LogP contribution < -0.4 is 4.90 Å². The highest BCUT2D eigenvalue weighted by Crippen LogP contribution is 2.50. The van der Waals surface area contributed by atoms with E-state index >= 15 is 0 Å². The van der Waals surface area contributed by atoms with Crippen molar-refractivity contribution in [3.8, 4) is 11.1 Å². The van der Waals surface area contributed by atoms with Crippen molar-refractivity contribution >= 4 is 17.1 Å². The Bertz CT molecular complexity index is 1490. The van der Waals surface area contributed by atoms with E-state index in [0.717, 1.165) is 76.7 Å². The second kappa shape index (κ2) is 12.9. The molecule has 0 spiro atoms. The number of benzene rings is 4. The van der Waals surface area contributed by atoms with Crippen molar-refractivity contribution < 1.29 is 18.9 Å². The van der Waals surface area contributed by atoms with Crippen molar-refractivity contribution in [1.82, 2.24) is 0 Å². The van der Waals surface area contributed by atoms with E-state index in [-0.39, 0.29) is 5.41 Å². The first kappa shape index (κ1) is 29.2. The fourth-order valence-corrected chi connectivity index (χ4v) is 6.42. The fourth-order valence-electron chi connectivity index (χ4n) is 6.42. The van der Waals surface area contributed by atoms with Crippen LogP contribution in [-0.2, 0) is 37.2 Å². The highest BCUT2D eigenvalue weighted by Gasteiger charge is 2.35. The molecule has 0 aromatic heterocycles. The molecule has 4 aromatic rings. The monoisotopic (exact) mass is 589 g/mol. The van der Waals surface area contributed by atoms with Crippen LogP contribution in [0, 0.1) is 0 Å². The van der Waals surface area contributed by atoms with Crippen LogP contribution in [0.15, 0.2) is 91.0 Å². The molecule has 5 heteroatoms. The SMILES string of the molecule is CC1(C)c2ccccc2-c2ccc(N(c3ccc(CCCOCC4CO4)cc3)c3ccc(CCCOCC4CO4)cc3)cc21. The predicted octanol–water partition coefficient (Wildman–Crippen LogP) is 8.16. The molecular formula is C39H43NO4. The number of rotatable bonds is 15. The van der Waals surface area contributed by atoms with Gasteiger partial charge in [0.15, 0.2) is 0 Å². The van der Waals surface area contributed by atoms with Crippen molar-refractivity contribution in [3.63, 3.8) is 0 Å². The Morgan fingerprint density at radius 3 is 1.68 bits per heavy atom. The van der Waals surface area contributed by atoms with Crippen molar-refractivity contribution in [3.05, 3.63) is 113 Å². The van der Waals surface area contributed by atoms with Crippen molar-refractivity contribution in [2.45, 2.75) is 57.2 Å². The molecule has 2 atom stereocenters. The van der Waals surface area contributed by atoms with Crippen molar-refractivity contribution in [1.29, 1.82) is 0 Å². The van der Waals surface area contributed by atoms with E-state index in [9.17, 15) is 0 Å². The zero-order valence-electron chi connectivity index (χ0n) is 26.0. The average Bonchev–Trinajstić information content (AvgIpc) is 3.99. The molecule has 2 saturated heterocycles. The van der Waals surface area contributed by atoms with Gasteiger partial charge in [0.05, 0.1) is 26.4 Å². The molecule has 0 radical (unpaired) electrons. The molecule has 2 unspecified atom stereocenters. The summed E-state index contributed by atoms with van der Waals surface area (Å²) < 4.78 is 22.0. The standard InChI is InChI=1S/C39H43NO4/c1-39(2)37-10-4-3-9-35(37)36-20-19-32(23-38(36)39)40(30-15-11-28(12-16-30)7-5-21-41-24-33-26-43-33)31-17-13-29(14-18-31)8-6-22-42-25-34-27-44-34/h3-4,9-20,23,33-34H,5-8,21-22,24-27H2,1-2H3. The lowest BCUT2D eigenvalue weighted by Gasteiger charge is -2.28. The van der Waals surface area contributed by atoms with Gasteiger partial charge in [-0.25, -0.2) is 0 Å². The van der Waals surface area contributed by atoms with Gasteiger partial charge in [0.25, 0.3) is 0 Å². The Labute approximate surface area is 261 Å². The van der Waals surface area contributed by atoms with Crippen LogP contribution in [0.3, 0.4) is 0 Å². The molecule has 0 bridgehead atoms. The van der Waals surface area contributed by atoms with Gasteiger partial charge >= 0.3 is 0 Å². The first-order valence-electron chi connectivity index (χ1n) is 16.2. The number of aryl methyl sites for hydroxylation is 2. The zero-order valence-corrected chi connectivity index (χ0v) is 26.0. The van der Waals surface area contributed by atoms with Gasteiger partial charge in [-0.15, -0.1) is 0 Å². The minimum atomic E-state index is -0.0528. The third kappa shape index (κ3) is 6.62. The van der Waals surface area contributed by atoms with Gasteiger partial charge in [-0.1, -0.05) is 68.4 Å². The number of anilines is 3. The van der Waals surface area contributed by atoms with E-state index in [4.69, 9.17) is 18.9 Å². The maximum absolute atomic E-state index is 5.75. The van der Waals surface area contributed by atoms with E-state index in [1.807, 2.05) is 0 Å². The molecule has 2 aliphatic heterocycles. The largest absolute Gasteiger partial charge is 0.379 e. The minimum absolute atomic E-state index is 0.0528. The van der Waals surface area contributed by atoms with E-state index in [1.165, 1.54) is 39.1 Å². The normalized spacial score (nSPS) is 19.0. The number of hydrogen-bond acceptors (Lipinski definition) is 5. The van der Waals surface area contributed by atoms with Gasteiger partial charge in [0.1, 0.15) is 12.2 Å². The third-order valence-corrected chi connectivity index (χ3v) is 9.13. The molecule has 3 aliphatic rings. The van der Waals surface area contributed by atoms with Crippen LogP contribution in [0.25, 0.3) is 11.1 Å². The Balaban J connectivity index is 1.11. The lowest BCUT2D eigenvalue weighted by atomic mass is 9.82. The van der Waals surface area contributed by atoms with Crippen LogP contribution >= 0.6 is 0 Å². The first-order chi connectivity index (χ1) is 21.6. The van der Waals surface area contributed by atoms with Crippen LogP contribution in [0.5, 0.6) is 0 Å². The van der Waals surface area contributed by atoms with Gasteiger partial charge < -0.3 is 23.8 Å². The summed E-state index contributed by atoms with van der Waals surface area (Å²) in [5.41, 5.74) is 11.6. The second-order valence-electron chi connectivity index (χ2n) is 12.8. The summed E-state index contributed by atoms with van der Waals surface area (Å²) in [5, 5.41) is 0. The van der Waals surface area contributed by atoms with Gasteiger partial charge in [-0.05, 0) is 95.5 Å². The maximum atomic E-state index is 5.75. The van der Waals surface area contributed by atoms with E-state index in [1.54, 1.807) is 0 Å². The predicted molar refractivity (Wildman–Crippen MR) is 176 cm³/mol. The van der Waals surface area contributed by atoms with Crippen molar-refractivity contribution in [2.75, 3.05) is 44.5 Å². The van der Waals surface area contributed by atoms with Crippen LogP contribution in [0.1, 0.15) is 48.9 Å². The molecule has 2 fully saturated rings. The molecule has 0 N–H and O–H groups in total. The lowest BCUT2D eigenvalue weighted by Crippen LogP contribution is -2.16. The summed E-state index contributed by atoms with van der Waals surface area (Å²) in [5.74, 6) is 0. The molecular weight excluding hydrogens is 546 g/mol. The minimum Gasteiger partial charge on any atom is -0.379 e. The molecule has 0 amide bonds. The Morgan fingerprint density at radius 1 is 0.636 bits per heavy atom. The van der Waals surface area contributed by atoms with E-state index in [0.29, 0.717) is 12.2 Å². The number of hydrogen-bond donors (Lipinski definition) is 0.